The zero-order valence-electron chi connectivity index (χ0n) is 42.5. The van der Waals surface area contributed by atoms with Gasteiger partial charge in [-0.2, -0.15) is 0 Å². The fourth-order valence-corrected chi connectivity index (χ4v) is 16.2. The minimum absolute atomic E-state index is 0.00797. The van der Waals surface area contributed by atoms with Crippen LogP contribution in [0.5, 0.6) is 0 Å². The van der Waals surface area contributed by atoms with Gasteiger partial charge >= 0.3 is 11.9 Å². The average molecular weight is 936 g/mol. The van der Waals surface area contributed by atoms with E-state index in [1.165, 1.54) is 11.1 Å². The molecule has 0 unspecified atom stereocenters. The SMILES string of the molecule is CC(C)C1=C2[C@H]3CC[C@@H]4[C@@]5(C)CC[C@H](OC(=O)[C@H]6C[C@@H](C(=O)OCc7ccccc7)C6(C)C)C(C)(C)[C@@H]5CC[C@@]4(C)[C@]3(C)CC[C@@]2(NC(=O)C(C)(C)NCC2(c3ccc(Cl)cc3)CC2)CC1=O. The number of allylic oxidation sites excluding steroid dienone is 1. The van der Waals surface area contributed by atoms with Crippen LogP contribution in [-0.2, 0) is 40.7 Å². The number of ketones is 1. The summed E-state index contributed by atoms with van der Waals surface area (Å²) in [5, 5.41) is 8.06. The number of esters is 2. The van der Waals surface area contributed by atoms with Crippen molar-refractivity contribution in [2.45, 2.75) is 182 Å². The van der Waals surface area contributed by atoms with E-state index >= 15 is 0 Å². The second-order valence-corrected chi connectivity index (χ2v) is 26.0. The first-order valence-corrected chi connectivity index (χ1v) is 26.3. The van der Waals surface area contributed by atoms with Gasteiger partial charge in [0.2, 0.25) is 5.91 Å². The number of Topliss-reactive ketones (excluding diaryl/α,β-unsaturated/α-hetero) is 1. The standard InChI is InChI=1S/C58H79ClN2O6/c1-35(2)46-42(62)32-58(61-50(65)53(7,8)60-34-57(28-29-57)37-17-19-38(59)20-18-37)30-27-55(10)39(47(46)58)21-22-44-54(9)25-24-45(52(5,6)43(54)23-26-56(44,55)11)67-49(64)41-31-40(51(41,3)4)48(63)66-33-36-15-13-12-14-16-36/h12-20,35,39-41,43-45,60H,21-34H2,1-11H3,(H,61,65)/t39-,40+,41-,43+,44-,45+,54+,55-,56-,58-/m1/s1. The van der Waals surface area contributed by atoms with Crippen LogP contribution >= 0.6 is 11.6 Å². The van der Waals surface area contributed by atoms with Crippen molar-refractivity contribution in [3.05, 3.63) is 81.9 Å². The van der Waals surface area contributed by atoms with Gasteiger partial charge < -0.3 is 20.1 Å². The Bertz CT molecular complexity index is 2330. The lowest BCUT2D eigenvalue weighted by Crippen LogP contribution is -2.68. The van der Waals surface area contributed by atoms with Crippen molar-refractivity contribution in [2.75, 3.05) is 6.54 Å². The zero-order valence-corrected chi connectivity index (χ0v) is 43.2. The molecule has 0 spiro atoms. The van der Waals surface area contributed by atoms with Crippen molar-refractivity contribution < 1.29 is 28.7 Å². The number of hydrogen-bond acceptors (Lipinski definition) is 7. The monoisotopic (exact) mass is 935 g/mol. The molecule has 6 saturated carbocycles. The summed E-state index contributed by atoms with van der Waals surface area (Å²) >= 11 is 6.23. The first kappa shape index (κ1) is 48.5. The van der Waals surface area contributed by atoms with Gasteiger partial charge in [-0.25, -0.2) is 0 Å². The molecule has 0 bridgehead atoms. The number of carbonyl (C=O) groups excluding carboxylic acids is 4. The molecule has 0 aromatic heterocycles. The lowest BCUT2D eigenvalue weighted by Gasteiger charge is -2.72. The van der Waals surface area contributed by atoms with Crippen LogP contribution < -0.4 is 10.6 Å². The van der Waals surface area contributed by atoms with E-state index < -0.39 is 16.5 Å². The number of benzene rings is 2. The number of rotatable bonds is 12. The fourth-order valence-electron chi connectivity index (χ4n) is 16.1. The van der Waals surface area contributed by atoms with Crippen molar-refractivity contribution in [3.8, 4) is 0 Å². The van der Waals surface area contributed by atoms with Crippen LogP contribution in [0.3, 0.4) is 0 Å². The molecule has 9 heteroatoms. The first-order chi connectivity index (χ1) is 31.4. The summed E-state index contributed by atoms with van der Waals surface area (Å²) < 4.78 is 12.3. The number of ether oxygens (including phenoxy) is 2. The van der Waals surface area contributed by atoms with Crippen molar-refractivity contribution >= 4 is 35.2 Å². The third kappa shape index (κ3) is 7.69. The molecule has 0 heterocycles. The molecule has 2 N–H and O–H groups in total. The normalized spacial score (nSPS) is 36.7. The second-order valence-electron chi connectivity index (χ2n) is 25.5. The predicted molar refractivity (Wildman–Crippen MR) is 264 cm³/mol. The fraction of sp³-hybridized carbons (Fsp3) is 0.690. The van der Waals surface area contributed by atoms with Gasteiger partial charge in [0.05, 0.1) is 22.9 Å². The highest BCUT2D eigenvalue weighted by atomic mass is 35.5. The van der Waals surface area contributed by atoms with Crippen LogP contribution in [0.25, 0.3) is 0 Å². The lowest BCUT2D eigenvalue weighted by atomic mass is 9.33. The summed E-state index contributed by atoms with van der Waals surface area (Å²) in [5.74, 6) is 0.218. The summed E-state index contributed by atoms with van der Waals surface area (Å²) in [5.41, 5.74) is 2.19. The van der Waals surface area contributed by atoms with Gasteiger partial charge in [0, 0.05) is 28.8 Å². The highest BCUT2D eigenvalue weighted by molar-refractivity contribution is 6.30. The van der Waals surface area contributed by atoms with Crippen LogP contribution in [0.4, 0.5) is 0 Å². The Morgan fingerprint density at radius 2 is 1.43 bits per heavy atom. The van der Waals surface area contributed by atoms with Gasteiger partial charge in [0.1, 0.15) is 12.7 Å². The van der Waals surface area contributed by atoms with Crippen molar-refractivity contribution in [1.29, 1.82) is 0 Å². The number of amides is 1. The molecule has 1 amide bonds. The predicted octanol–water partition coefficient (Wildman–Crippen LogP) is 11.9. The summed E-state index contributed by atoms with van der Waals surface area (Å²) in [4.78, 5) is 56.3. The number of hydrogen-bond donors (Lipinski definition) is 2. The van der Waals surface area contributed by atoms with Gasteiger partial charge in [0.15, 0.2) is 5.78 Å². The average Bonchev–Trinajstić information content (AvgIpc) is 3.99. The van der Waals surface area contributed by atoms with E-state index in [1.807, 2.05) is 70.2 Å². The Labute approximate surface area is 406 Å². The van der Waals surface area contributed by atoms with Crippen molar-refractivity contribution in [2.24, 2.45) is 62.6 Å². The van der Waals surface area contributed by atoms with E-state index in [-0.39, 0.29) is 87.1 Å². The number of halogens is 1. The largest absolute Gasteiger partial charge is 0.462 e. The molecule has 6 fully saturated rings. The number of fused-ring (bicyclic) bond motifs is 7. The maximum Gasteiger partial charge on any atom is 0.309 e. The summed E-state index contributed by atoms with van der Waals surface area (Å²) in [6, 6.07) is 17.9. The van der Waals surface area contributed by atoms with E-state index in [0.29, 0.717) is 31.2 Å². The molecular formula is C58H79ClN2O6. The quantitative estimate of drug-likeness (QED) is 0.204. The van der Waals surface area contributed by atoms with Crippen LogP contribution in [0.1, 0.15) is 164 Å². The van der Waals surface area contributed by atoms with E-state index in [1.54, 1.807) is 0 Å². The van der Waals surface area contributed by atoms with Gasteiger partial charge in [-0.05, 0) is 164 Å². The summed E-state index contributed by atoms with van der Waals surface area (Å²) in [6.07, 6.45) is 10.5. The lowest BCUT2D eigenvalue weighted by molar-refractivity contribution is -0.235. The maximum absolute atomic E-state index is 14.7. The molecule has 0 saturated heterocycles. The van der Waals surface area contributed by atoms with E-state index in [9.17, 15) is 19.2 Å². The Morgan fingerprint density at radius 1 is 0.761 bits per heavy atom. The third-order valence-corrected chi connectivity index (χ3v) is 21.0. The molecule has 0 aliphatic heterocycles. The summed E-state index contributed by atoms with van der Waals surface area (Å²) in [6.45, 7) is 25.7. The van der Waals surface area contributed by atoms with Gasteiger partial charge in [-0.15, -0.1) is 0 Å². The maximum atomic E-state index is 14.7. The van der Waals surface area contributed by atoms with Gasteiger partial charge in [-0.3, -0.25) is 19.2 Å². The Kier molecular flexibility index (Phi) is 12.0. The molecule has 364 valence electrons. The molecule has 0 radical (unpaired) electrons. The molecule has 2 aromatic rings. The van der Waals surface area contributed by atoms with Gasteiger partial charge in [-0.1, -0.05) is 116 Å². The van der Waals surface area contributed by atoms with E-state index in [0.717, 1.165) is 80.4 Å². The van der Waals surface area contributed by atoms with E-state index in [2.05, 4.69) is 71.2 Å². The summed E-state index contributed by atoms with van der Waals surface area (Å²) in [7, 11) is 0. The highest BCUT2D eigenvalue weighted by Crippen LogP contribution is 2.76. The minimum Gasteiger partial charge on any atom is -0.462 e. The van der Waals surface area contributed by atoms with Crippen molar-refractivity contribution in [3.63, 3.8) is 0 Å². The molecule has 2 aromatic carbocycles. The number of nitrogens with one attached hydrogen (secondary N) is 2. The van der Waals surface area contributed by atoms with Gasteiger partial charge in [0.25, 0.3) is 0 Å². The van der Waals surface area contributed by atoms with Crippen LogP contribution in [0.15, 0.2) is 65.7 Å². The number of carbonyl (C=O) groups is 4. The van der Waals surface area contributed by atoms with E-state index in [4.69, 9.17) is 21.1 Å². The zero-order chi connectivity index (χ0) is 48.3. The van der Waals surface area contributed by atoms with Crippen molar-refractivity contribution in [1.82, 2.24) is 10.6 Å². The minimum atomic E-state index is -0.837. The third-order valence-electron chi connectivity index (χ3n) is 20.8. The topological polar surface area (TPSA) is 111 Å². The molecule has 9 rings (SSSR count). The molecule has 7 aliphatic carbocycles. The molecule has 7 aliphatic rings. The molecular weight excluding hydrogens is 856 g/mol. The Morgan fingerprint density at radius 3 is 2.07 bits per heavy atom. The van der Waals surface area contributed by atoms with Crippen LogP contribution in [0, 0.1) is 62.6 Å². The molecule has 67 heavy (non-hydrogen) atoms. The molecule has 10 atom stereocenters. The van der Waals surface area contributed by atoms with Crippen LogP contribution in [0.2, 0.25) is 5.02 Å². The second kappa shape index (κ2) is 16.6. The molecule has 8 nitrogen and oxygen atoms in total. The Hall–Kier alpha value is -3.49. The highest BCUT2D eigenvalue weighted by Gasteiger charge is 2.71. The first-order valence-electron chi connectivity index (χ1n) is 25.9. The smallest absolute Gasteiger partial charge is 0.309 e. The Balaban J connectivity index is 0.894. The van der Waals surface area contributed by atoms with Crippen LogP contribution in [-0.4, -0.2) is 47.4 Å².